The number of benzene rings is 1. The summed E-state index contributed by atoms with van der Waals surface area (Å²) in [7, 11) is 1.38. The number of aryl methyl sites for hydroxylation is 2. The standard InChI is InChI=1S/C18H22N2O5/c1-12-4-6-13(7-5-12)14-10-19-16(25-14)9-8-15(21)20-18(2,11-24-3)17(22)23/h4-7,10H,8-9,11H2,1-3H3,(H,20,21)(H,22,23). The van der Waals surface area contributed by atoms with Crippen molar-refractivity contribution in [2.24, 2.45) is 0 Å². The Labute approximate surface area is 146 Å². The van der Waals surface area contributed by atoms with Crippen LogP contribution >= 0.6 is 0 Å². The normalized spacial score (nSPS) is 13.2. The van der Waals surface area contributed by atoms with Gasteiger partial charge >= 0.3 is 5.97 Å². The van der Waals surface area contributed by atoms with Crippen LogP contribution in [0.15, 0.2) is 34.9 Å². The van der Waals surface area contributed by atoms with Gasteiger partial charge in [-0.3, -0.25) is 4.79 Å². The zero-order chi connectivity index (χ0) is 18.4. The second-order valence-corrected chi connectivity index (χ2v) is 6.10. The smallest absolute Gasteiger partial charge is 0.331 e. The van der Waals surface area contributed by atoms with E-state index in [4.69, 9.17) is 9.15 Å². The summed E-state index contributed by atoms with van der Waals surface area (Å²) in [6.45, 7) is 3.28. The van der Waals surface area contributed by atoms with Gasteiger partial charge in [-0.1, -0.05) is 29.8 Å². The number of hydrogen-bond acceptors (Lipinski definition) is 5. The molecule has 0 fully saturated rings. The number of nitrogens with one attached hydrogen (secondary N) is 1. The van der Waals surface area contributed by atoms with E-state index in [1.165, 1.54) is 14.0 Å². The van der Waals surface area contributed by atoms with Crippen molar-refractivity contribution in [3.63, 3.8) is 0 Å². The zero-order valence-corrected chi connectivity index (χ0v) is 14.5. The van der Waals surface area contributed by atoms with E-state index in [-0.39, 0.29) is 19.4 Å². The van der Waals surface area contributed by atoms with Gasteiger partial charge in [0.1, 0.15) is 0 Å². The van der Waals surface area contributed by atoms with Crippen molar-refractivity contribution in [2.75, 3.05) is 13.7 Å². The molecule has 0 spiro atoms. The van der Waals surface area contributed by atoms with Crippen LogP contribution in [0.2, 0.25) is 0 Å². The minimum Gasteiger partial charge on any atom is -0.479 e. The summed E-state index contributed by atoms with van der Waals surface area (Å²) >= 11 is 0. The molecular weight excluding hydrogens is 324 g/mol. The molecule has 0 radical (unpaired) electrons. The molecule has 0 bridgehead atoms. The maximum absolute atomic E-state index is 12.0. The first-order valence-electron chi connectivity index (χ1n) is 7.89. The van der Waals surface area contributed by atoms with E-state index in [9.17, 15) is 14.7 Å². The zero-order valence-electron chi connectivity index (χ0n) is 14.5. The highest BCUT2D eigenvalue weighted by atomic mass is 16.5. The van der Waals surface area contributed by atoms with E-state index in [0.717, 1.165) is 11.1 Å². The Morgan fingerprint density at radius 1 is 1.32 bits per heavy atom. The number of amides is 1. The predicted molar refractivity (Wildman–Crippen MR) is 91.1 cm³/mol. The van der Waals surface area contributed by atoms with Gasteiger partial charge in [0.05, 0.1) is 12.8 Å². The van der Waals surface area contributed by atoms with E-state index < -0.39 is 17.4 Å². The first kappa shape index (κ1) is 18.7. The van der Waals surface area contributed by atoms with Gasteiger partial charge in [-0.25, -0.2) is 9.78 Å². The topological polar surface area (TPSA) is 102 Å². The maximum Gasteiger partial charge on any atom is 0.331 e. The van der Waals surface area contributed by atoms with E-state index in [1.54, 1.807) is 6.20 Å². The number of carboxylic acid groups (broad SMARTS) is 1. The third-order valence-electron chi connectivity index (χ3n) is 3.78. The quantitative estimate of drug-likeness (QED) is 0.760. The molecule has 0 aliphatic rings. The molecule has 7 nitrogen and oxygen atoms in total. The number of aliphatic carboxylic acids is 1. The van der Waals surface area contributed by atoms with Crippen LogP contribution in [-0.4, -0.2) is 41.2 Å². The predicted octanol–water partition coefficient (Wildman–Crippen LogP) is 2.19. The first-order valence-corrected chi connectivity index (χ1v) is 7.89. The number of aromatic nitrogens is 1. The Balaban J connectivity index is 1.94. The summed E-state index contributed by atoms with van der Waals surface area (Å²) in [5.74, 6) is -0.503. The molecule has 1 unspecified atom stereocenters. The molecule has 25 heavy (non-hydrogen) atoms. The lowest BCUT2D eigenvalue weighted by Gasteiger charge is -2.25. The number of carbonyl (C=O) groups excluding carboxylic acids is 1. The number of methoxy groups -OCH3 is 1. The van der Waals surface area contributed by atoms with Crippen LogP contribution in [-0.2, 0) is 20.7 Å². The van der Waals surface area contributed by atoms with Crippen molar-refractivity contribution in [3.05, 3.63) is 41.9 Å². The molecule has 2 N–H and O–H groups in total. The third-order valence-corrected chi connectivity index (χ3v) is 3.78. The molecule has 134 valence electrons. The molecule has 0 saturated carbocycles. The molecule has 1 amide bonds. The second kappa shape index (κ2) is 7.94. The molecule has 7 heteroatoms. The molecule has 1 atom stereocenters. The molecule has 0 aliphatic heterocycles. The van der Waals surface area contributed by atoms with E-state index >= 15 is 0 Å². The first-order chi connectivity index (χ1) is 11.8. The molecule has 0 aliphatic carbocycles. The molecule has 2 aromatic rings. The summed E-state index contributed by atoms with van der Waals surface area (Å²) in [5.41, 5.74) is 0.597. The number of nitrogens with zero attached hydrogens (tertiary/aromatic N) is 1. The monoisotopic (exact) mass is 346 g/mol. The summed E-state index contributed by atoms with van der Waals surface area (Å²) in [4.78, 5) is 27.5. The van der Waals surface area contributed by atoms with E-state index in [1.807, 2.05) is 31.2 Å². The van der Waals surface area contributed by atoms with E-state index in [0.29, 0.717) is 11.7 Å². The number of carbonyl (C=O) groups is 2. The van der Waals surface area contributed by atoms with Gasteiger partial charge in [0.2, 0.25) is 5.91 Å². The van der Waals surface area contributed by atoms with Crippen molar-refractivity contribution >= 4 is 11.9 Å². The molecule has 1 aromatic carbocycles. The van der Waals surface area contributed by atoms with Gasteiger partial charge < -0.3 is 19.6 Å². The maximum atomic E-state index is 12.0. The van der Waals surface area contributed by atoms with Gasteiger partial charge in [0.15, 0.2) is 17.2 Å². The third kappa shape index (κ3) is 4.90. The van der Waals surface area contributed by atoms with Gasteiger partial charge in [0, 0.05) is 25.5 Å². The average Bonchev–Trinajstić information content (AvgIpc) is 3.02. The van der Waals surface area contributed by atoms with Crippen molar-refractivity contribution in [3.8, 4) is 11.3 Å². The average molecular weight is 346 g/mol. The number of rotatable bonds is 8. The lowest BCUT2D eigenvalue weighted by atomic mass is 10.0. The number of hydrogen-bond donors (Lipinski definition) is 2. The Morgan fingerprint density at radius 2 is 2.00 bits per heavy atom. The minimum atomic E-state index is -1.46. The van der Waals surface area contributed by atoms with Crippen LogP contribution in [0.1, 0.15) is 24.8 Å². The van der Waals surface area contributed by atoms with Crippen LogP contribution in [0.25, 0.3) is 11.3 Å². The number of carboxylic acids is 1. The lowest BCUT2D eigenvalue weighted by Crippen LogP contribution is -2.55. The lowest BCUT2D eigenvalue weighted by molar-refractivity contribution is -0.149. The summed E-state index contributed by atoms with van der Waals surface area (Å²) in [6.07, 6.45) is 1.96. The SMILES string of the molecule is COCC(C)(NC(=O)CCc1ncc(-c2ccc(C)cc2)o1)C(=O)O. The van der Waals surface area contributed by atoms with Gasteiger partial charge in [0.25, 0.3) is 0 Å². The summed E-state index contributed by atoms with van der Waals surface area (Å²) < 4.78 is 10.5. The van der Waals surface area contributed by atoms with Crippen LogP contribution in [0.3, 0.4) is 0 Å². The fourth-order valence-corrected chi connectivity index (χ4v) is 2.31. The summed E-state index contributed by atoms with van der Waals surface area (Å²) in [5, 5.41) is 11.7. The fourth-order valence-electron chi connectivity index (χ4n) is 2.31. The van der Waals surface area contributed by atoms with Crippen molar-refractivity contribution in [1.82, 2.24) is 10.3 Å². The van der Waals surface area contributed by atoms with Gasteiger partial charge in [-0.2, -0.15) is 0 Å². The molecule has 1 heterocycles. The van der Waals surface area contributed by atoms with E-state index in [2.05, 4.69) is 10.3 Å². The highest BCUT2D eigenvalue weighted by molar-refractivity contribution is 5.86. The van der Waals surface area contributed by atoms with Crippen LogP contribution in [0.4, 0.5) is 0 Å². The fraction of sp³-hybridized carbons (Fsp3) is 0.389. The molecule has 2 rings (SSSR count). The van der Waals surface area contributed by atoms with Crippen LogP contribution in [0.5, 0.6) is 0 Å². The molecule has 1 aromatic heterocycles. The largest absolute Gasteiger partial charge is 0.479 e. The highest BCUT2D eigenvalue weighted by Gasteiger charge is 2.34. The van der Waals surface area contributed by atoms with Crippen molar-refractivity contribution in [2.45, 2.75) is 32.2 Å². The van der Waals surface area contributed by atoms with Crippen LogP contribution < -0.4 is 5.32 Å². The Hall–Kier alpha value is -2.67. The molecular formula is C18H22N2O5. The second-order valence-electron chi connectivity index (χ2n) is 6.10. The number of ether oxygens (including phenoxy) is 1. The molecule has 0 saturated heterocycles. The van der Waals surface area contributed by atoms with Gasteiger partial charge in [-0.15, -0.1) is 0 Å². The van der Waals surface area contributed by atoms with Crippen molar-refractivity contribution in [1.29, 1.82) is 0 Å². The minimum absolute atomic E-state index is 0.0699. The Bertz CT molecular complexity index is 738. The van der Waals surface area contributed by atoms with Gasteiger partial charge in [-0.05, 0) is 13.8 Å². The van der Waals surface area contributed by atoms with Crippen LogP contribution in [0, 0.1) is 6.92 Å². The van der Waals surface area contributed by atoms with Crippen molar-refractivity contribution < 1.29 is 23.8 Å². The Kier molecular flexibility index (Phi) is 5.93. The highest BCUT2D eigenvalue weighted by Crippen LogP contribution is 2.21. The number of oxazole rings is 1. The summed E-state index contributed by atoms with van der Waals surface area (Å²) in [6, 6.07) is 7.84. The Morgan fingerprint density at radius 3 is 2.60 bits per heavy atom.